The van der Waals surface area contributed by atoms with Crippen LogP contribution in [0.25, 0.3) is 11.0 Å². The maximum Gasteiger partial charge on any atom is 0.226 e. The topological polar surface area (TPSA) is 93.0 Å². The summed E-state index contributed by atoms with van der Waals surface area (Å²) in [5, 5.41) is 7.19. The molecule has 0 aliphatic heterocycles. The van der Waals surface area contributed by atoms with Crippen LogP contribution in [0.1, 0.15) is 12.2 Å². The molecule has 0 fully saturated rings. The Hall–Kier alpha value is -2.48. The van der Waals surface area contributed by atoms with Gasteiger partial charge in [0.25, 0.3) is 0 Å². The zero-order chi connectivity index (χ0) is 16.2. The second-order valence-electron chi connectivity index (χ2n) is 4.89. The predicted octanol–water partition coefficient (Wildman–Crippen LogP) is 2.99. The van der Waals surface area contributed by atoms with Crippen molar-refractivity contribution in [2.45, 2.75) is 18.5 Å². The van der Waals surface area contributed by atoms with E-state index in [1.165, 1.54) is 11.8 Å². The van der Waals surface area contributed by atoms with Crippen LogP contribution in [0.4, 0.5) is 5.82 Å². The smallest absolute Gasteiger partial charge is 0.226 e. The number of hydrogen-bond acceptors (Lipinski definition) is 6. The second-order valence-corrected chi connectivity index (χ2v) is 5.98. The minimum absolute atomic E-state index is 0.108. The molecule has 23 heavy (non-hydrogen) atoms. The number of anilines is 1. The molecule has 0 aliphatic rings. The van der Waals surface area contributed by atoms with Crippen molar-refractivity contribution in [3.63, 3.8) is 0 Å². The summed E-state index contributed by atoms with van der Waals surface area (Å²) in [7, 11) is 1.63. The predicted molar refractivity (Wildman–Crippen MR) is 87.9 cm³/mol. The van der Waals surface area contributed by atoms with Gasteiger partial charge in [0.1, 0.15) is 11.5 Å². The lowest BCUT2D eigenvalue weighted by atomic mass is 10.3. The molecule has 0 spiro atoms. The Morgan fingerprint density at radius 3 is 3.04 bits per heavy atom. The molecular weight excluding hydrogens is 316 g/mol. The zero-order valence-corrected chi connectivity index (χ0v) is 13.6. The molecule has 0 saturated carbocycles. The normalized spacial score (nSPS) is 10.9. The number of nitrogens with one attached hydrogen (secondary N) is 2. The highest BCUT2D eigenvalue weighted by atomic mass is 32.2. The highest BCUT2D eigenvalue weighted by Crippen LogP contribution is 2.23. The molecule has 0 radical (unpaired) electrons. The van der Waals surface area contributed by atoms with Gasteiger partial charge >= 0.3 is 0 Å². The Bertz CT molecular complexity index is 827. The van der Waals surface area contributed by atoms with Gasteiger partial charge in [-0.3, -0.25) is 4.79 Å². The van der Waals surface area contributed by atoms with E-state index < -0.39 is 0 Å². The van der Waals surface area contributed by atoms with Crippen LogP contribution in [0.2, 0.25) is 0 Å². The number of thioether (sulfide) groups is 1. The number of H-pyrrole nitrogens is 1. The lowest BCUT2D eigenvalue weighted by molar-refractivity contribution is -0.115. The van der Waals surface area contributed by atoms with Crippen LogP contribution in [0.5, 0.6) is 5.75 Å². The van der Waals surface area contributed by atoms with E-state index in [0.717, 1.165) is 21.9 Å². The lowest BCUT2D eigenvalue weighted by Crippen LogP contribution is -2.12. The summed E-state index contributed by atoms with van der Waals surface area (Å²) < 4.78 is 10.1. The Labute approximate surface area is 136 Å². The third-order valence-corrected chi connectivity index (χ3v) is 4.01. The van der Waals surface area contributed by atoms with Gasteiger partial charge in [0.05, 0.1) is 18.1 Å². The third kappa shape index (κ3) is 3.84. The average Bonchev–Trinajstić information content (AvgIpc) is 3.12. The van der Waals surface area contributed by atoms with E-state index in [-0.39, 0.29) is 5.91 Å². The molecule has 120 valence electrons. The van der Waals surface area contributed by atoms with E-state index in [1.54, 1.807) is 20.1 Å². The SMILES string of the molecule is COc1ccc2nc(SCCC(=O)Nc3cc(C)on3)[nH]c2c1. The molecule has 7 nitrogen and oxygen atoms in total. The molecule has 1 aromatic carbocycles. The van der Waals surface area contributed by atoms with Gasteiger partial charge in [-0.1, -0.05) is 16.9 Å². The number of methoxy groups -OCH3 is 1. The van der Waals surface area contributed by atoms with Crippen molar-refractivity contribution in [1.82, 2.24) is 15.1 Å². The van der Waals surface area contributed by atoms with E-state index in [4.69, 9.17) is 9.26 Å². The van der Waals surface area contributed by atoms with Crippen molar-refractivity contribution in [2.75, 3.05) is 18.2 Å². The molecule has 2 N–H and O–H groups in total. The summed E-state index contributed by atoms with van der Waals surface area (Å²) in [6.07, 6.45) is 0.358. The standard InChI is InChI=1S/C15H16N4O3S/c1-9-7-13(19-22-9)18-14(20)5-6-23-15-16-11-4-3-10(21-2)8-12(11)17-15/h3-4,7-8H,5-6H2,1-2H3,(H,16,17)(H,18,19,20). The van der Waals surface area contributed by atoms with Crippen LogP contribution in [0.3, 0.4) is 0 Å². The first-order chi connectivity index (χ1) is 11.1. The fraction of sp³-hybridized carbons (Fsp3) is 0.267. The van der Waals surface area contributed by atoms with Crippen LogP contribution in [0.15, 0.2) is 33.9 Å². The summed E-state index contributed by atoms with van der Waals surface area (Å²) >= 11 is 1.49. The van der Waals surface area contributed by atoms with Gasteiger partial charge < -0.3 is 19.6 Å². The second kappa shape index (κ2) is 6.74. The van der Waals surface area contributed by atoms with Gasteiger partial charge in [0.15, 0.2) is 11.0 Å². The fourth-order valence-electron chi connectivity index (χ4n) is 2.03. The van der Waals surface area contributed by atoms with E-state index in [9.17, 15) is 4.79 Å². The van der Waals surface area contributed by atoms with Gasteiger partial charge in [0.2, 0.25) is 5.91 Å². The van der Waals surface area contributed by atoms with Crippen LogP contribution in [-0.4, -0.2) is 33.9 Å². The maximum atomic E-state index is 11.8. The Balaban J connectivity index is 1.53. The monoisotopic (exact) mass is 332 g/mol. The Kier molecular flexibility index (Phi) is 4.52. The van der Waals surface area contributed by atoms with Gasteiger partial charge in [-0.15, -0.1) is 0 Å². The van der Waals surface area contributed by atoms with Crippen molar-refractivity contribution in [1.29, 1.82) is 0 Å². The molecule has 0 unspecified atom stereocenters. The zero-order valence-electron chi connectivity index (χ0n) is 12.8. The summed E-state index contributed by atoms with van der Waals surface area (Å²) in [6.45, 7) is 1.77. The van der Waals surface area contributed by atoms with E-state index in [2.05, 4.69) is 20.4 Å². The molecule has 1 amide bonds. The number of fused-ring (bicyclic) bond motifs is 1. The van der Waals surface area contributed by atoms with Crippen LogP contribution < -0.4 is 10.1 Å². The highest BCUT2D eigenvalue weighted by molar-refractivity contribution is 7.99. The first-order valence-electron chi connectivity index (χ1n) is 7.04. The molecule has 2 aromatic heterocycles. The molecule has 3 aromatic rings. The number of ether oxygens (including phenoxy) is 1. The quantitative estimate of drug-likeness (QED) is 0.674. The molecule has 0 saturated heterocycles. The molecule has 8 heteroatoms. The number of aromatic amines is 1. The fourth-order valence-corrected chi connectivity index (χ4v) is 2.86. The molecule has 3 rings (SSSR count). The first-order valence-corrected chi connectivity index (χ1v) is 8.02. The number of amides is 1. The van der Waals surface area contributed by atoms with E-state index in [1.807, 2.05) is 18.2 Å². The van der Waals surface area contributed by atoms with E-state index >= 15 is 0 Å². The van der Waals surface area contributed by atoms with E-state index in [0.29, 0.717) is 23.8 Å². The summed E-state index contributed by atoms with van der Waals surface area (Å²) in [6, 6.07) is 7.34. The minimum atomic E-state index is -0.108. The third-order valence-electron chi connectivity index (χ3n) is 3.13. The first kappa shape index (κ1) is 15.4. The molecule has 2 heterocycles. The Morgan fingerprint density at radius 2 is 2.30 bits per heavy atom. The number of aromatic nitrogens is 3. The number of benzene rings is 1. The van der Waals surface area contributed by atoms with Crippen molar-refractivity contribution in [3.05, 3.63) is 30.0 Å². The molecule has 0 atom stereocenters. The lowest BCUT2D eigenvalue weighted by Gasteiger charge is -1.99. The number of imidazole rings is 1. The number of hydrogen-bond donors (Lipinski definition) is 2. The maximum absolute atomic E-state index is 11.8. The summed E-state index contributed by atoms with van der Waals surface area (Å²) in [5.74, 6) is 2.38. The van der Waals surface area contributed by atoms with Crippen molar-refractivity contribution in [3.8, 4) is 5.75 Å². The number of carbonyl (C=O) groups is 1. The largest absolute Gasteiger partial charge is 0.497 e. The number of carbonyl (C=O) groups excluding carboxylic acids is 1. The Morgan fingerprint density at radius 1 is 1.43 bits per heavy atom. The van der Waals surface area contributed by atoms with Gasteiger partial charge in [-0.25, -0.2) is 4.98 Å². The number of nitrogens with zero attached hydrogens (tertiary/aromatic N) is 2. The number of rotatable bonds is 6. The van der Waals surface area contributed by atoms with Gasteiger partial charge in [0, 0.05) is 24.3 Å². The highest BCUT2D eigenvalue weighted by Gasteiger charge is 2.08. The van der Waals surface area contributed by atoms with Crippen LogP contribution in [-0.2, 0) is 4.79 Å². The van der Waals surface area contributed by atoms with Crippen LogP contribution >= 0.6 is 11.8 Å². The summed E-state index contributed by atoms with van der Waals surface area (Å²) in [5.41, 5.74) is 1.78. The van der Waals surface area contributed by atoms with Crippen molar-refractivity contribution in [2.24, 2.45) is 0 Å². The molecule has 0 aliphatic carbocycles. The number of aryl methyl sites for hydroxylation is 1. The van der Waals surface area contributed by atoms with Gasteiger partial charge in [-0.2, -0.15) is 0 Å². The van der Waals surface area contributed by atoms with Crippen molar-refractivity contribution >= 4 is 34.5 Å². The minimum Gasteiger partial charge on any atom is -0.497 e. The molecular formula is C15H16N4O3S. The van der Waals surface area contributed by atoms with Crippen molar-refractivity contribution < 1.29 is 14.1 Å². The molecule has 0 bridgehead atoms. The van der Waals surface area contributed by atoms with Gasteiger partial charge in [-0.05, 0) is 19.1 Å². The summed E-state index contributed by atoms with van der Waals surface area (Å²) in [4.78, 5) is 19.5. The average molecular weight is 332 g/mol. The van der Waals surface area contributed by atoms with Crippen LogP contribution in [0, 0.1) is 6.92 Å².